The van der Waals surface area contributed by atoms with Crippen LogP contribution < -0.4 is 10.2 Å². The molecule has 0 aliphatic carbocycles. The Labute approximate surface area is 130 Å². The molecule has 118 valence electrons. The number of pyridine rings is 1. The molecule has 1 fully saturated rings. The molecule has 2 heterocycles. The van der Waals surface area contributed by atoms with Gasteiger partial charge in [0.1, 0.15) is 5.82 Å². The number of piperidine rings is 1. The van der Waals surface area contributed by atoms with E-state index in [9.17, 15) is 0 Å². The van der Waals surface area contributed by atoms with Gasteiger partial charge >= 0.3 is 0 Å². The van der Waals surface area contributed by atoms with Crippen LogP contribution in [0, 0.1) is 11.8 Å². The van der Waals surface area contributed by atoms with Crippen LogP contribution in [0.4, 0.5) is 5.82 Å². The summed E-state index contributed by atoms with van der Waals surface area (Å²) in [4.78, 5) is 7.02. The van der Waals surface area contributed by atoms with E-state index >= 15 is 0 Å². The largest absolute Gasteiger partial charge is 0.357 e. The highest BCUT2D eigenvalue weighted by Crippen LogP contribution is 2.27. The van der Waals surface area contributed by atoms with Crippen molar-refractivity contribution in [2.24, 2.45) is 11.8 Å². The normalized spacial score (nSPS) is 17.5. The molecule has 0 saturated carbocycles. The maximum Gasteiger partial charge on any atom is 0.128 e. The first-order chi connectivity index (χ1) is 9.85. The highest BCUT2D eigenvalue weighted by molar-refractivity contribution is 5.41. The summed E-state index contributed by atoms with van der Waals surface area (Å²) in [5.74, 6) is 2.83. The molecule has 0 radical (unpaired) electrons. The average molecular weight is 289 g/mol. The molecule has 3 nitrogen and oxygen atoms in total. The number of aromatic nitrogens is 1. The van der Waals surface area contributed by atoms with Crippen LogP contribution in [0.1, 0.15) is 53.0 Å². The zero-order chi connectivity index (χ0) is 15.5. The van der Waals surface area contributed by atoms with Gasteiger partial charge in [-0.2, -0.15) is 0 Å². The Morgan fingerprint density at radius 2 is 1.95 bits per heavy atom. The first kappa shape index (κ1) is 16.3. The molecule has 1 aromatic rings. The molecule has 0 aromatic carbocycles. The van der Waals surface area contributed by atoms with Gasteiger partial charge in [-0.05, 0) is 63.1 Å². The van der Waals surface area contributed by atoms with Crippen molar-refractivity contribution in [3.05, 3.63) is 23.9 Å². The molecule has 1 aliphatic heterocycles. The van der Waals surface area contributed by atoms with Gasteiger partial charge in [-0.1, -0.05) is 13.8 Å². The van der Waals surface area contributed by atoms with Crippen molar-refractivity contribution >= 4 is 5.82 Å². The number of hydrogen-bond donors (Lipinski definition) is 1. The molecule has 1 aliphatic rings. The van der Waals surface area contributed by atoms with Gasteiger partial charge in [0, 0.05) is 31.4 Å². The lowest BCUT2D eigenvalue weighted by Gasteiger charge is -2.34. The third-order valence-electron chi connectivity index (χ3n) is 4.44. The van der Waals surface area contributed by atoms with E-state index in [1.165, 1.54) is 18.4 Å². The van der Waals surface area contributed by atoms with Gasteiger partial charge in [-0.3, -0.25) is 0 Å². The van der Waals surface area contributed by atoms with Crippen LogP contribution in [0.5, 0.6) is 0 Å². The fourth-order valence-corrected chi connectivity index (χ4v) is 2.91. The first-order valence-corrected chi connectivity index (χ1v) is 8.30. The van der Waals surface area contributed by atoms with Gasteiger partial charge in [0.15, 0.2) is 0 Å². The maximum absolute atomic E-state index is 4.58. The van der Waals surface area contributed by atoms with Crippen LogP contribution in [0.25, 0.3) is 0 Å². The van der Waals surface area contributed by atoms with E-state index in [0.717, 1.165) is 37.3 Å². The molecule has 0 unspecified atom stereocenters. The number of anilines is 1. The minimum Gasteiger partial charge on any atom is -0.357 e. The molecule has 1 aromatic heterocycles. The first-order valence-electron chi connectivity index (χ1n) is 8.30. The zero-order valence-corrected chi connectivity index (χ0v) is 14.3. The van der Waals surface area contributed by atoms with E-state index in [1.54, 1.807) is 0 Å². The highest BCUT2D eigenvalue weighted by atomic mass is 15.2. The topological polar surface area (TPSA) is 28.2 Å². The Bertz CT molecular complexity index is 440. The van der Waals surface area contributed by atoms with E-state index < -0.39 is 0 Å². The Hall–Kier alpha value is -1.09. The number of nitrogens with one attached hydrogen (secondary N) is 1. The van der Waals surface area contributed by atoms with Crippen molar-refractivity contribution in [1.29, 1.82) is 0 Å². The van der Waals surface area contributed by atoms with Gasteiger partial charge in [0.05, 0.1) is 0 Å². The summed E-state index contributed by atoms with van der Waals surface area (Å²) in [6.07, 6.45) is 4.54. The standard InChI is InChI=1S/C18H31N3/c1-14(2)16-7-10-21(11-8-16)17-12-15(6-9-19-17)13-20-18(3,4)5/h6,9,12,14,16,20H,7-8,10-11,13H2,1-5H3. The summed E-state index contributed by atoms with van der Waals surface area (Å²) in [5.41, 5.74) is 1.47. The minimum atomic E-state index is 0.152. The van der Waals surface area contributed by atoms with Crippen LogP contribution in [0.15, 0.2) is 18.3 Å². The van der Waals surface area contributed by atoms with Crippen molar-refractivity contribution in [3.63, 3.8) is 0 Å². The molecule has 0 bridgehead atoms. The molecular weight excluding hydrogens is 258 g/mol. The molecule has 21 heavy (non-hydrogen) atoms. The van der Waals surface area contributed by atoms with Gasteiger partial charge < -0.3 is 10.2 Å². The highest BCUT2D eigenvalue weighted by Gasteiger charge is 2.22. The molecule has 0 amide bonds. The Morgan fingerprint density at radius 3 is 2.52 bits per heavy atom. The molecule has 0 atom stereocenters. The van der Waals surface area contributed by atoms with E-state index in [-0.39, 0.29) is 5.54 Å². The third kappa shape index (κ3) is 4.99. The maximum atomic E-state index is 4.58. The van der Waals surface area contributed by atoms with Crippen molar-refractivity contribution in [3.8, 4) is 0 Å². The fourth-order valence-electron chi connectivity index (χ4n) is 2.91. The van der Waals surface area contributed by atoms with Gasteiger partial charge in [0.25, 0.3) is 0 Å². The Morgan fingerprint density at radius 1 is 1.29 bits per heavy atom. The summed E-state index contributed by atoms with van der Waals surface area (Å²) in [5, 5.41) is 3.54. The predicted octanol–water partition coefficient (Wildman–Crippen LogP) is 3.84. The third-order valence-corrected chi connectivity index (χ3v) is 4.44. The molecule has 1 N–H and O–H groups in total. The SMILES string of the molecule is CC(C)C1CCN(c2cc(CNC(C)(C)C)ccn2)CC1. The molecular formula is C18H31N3. The van der Waals surface area contributed by atoms with Crippen LogP contribution in [0.3, 0.4) is 0 Å². The molecule has 1 saturated heterocycles. The Balaban J connectivity index is 1.95. The molecule has 0 spiro atoms. The number of hydrogen-bond acceptors (Lipinski definition) is 3. The smallest absolute Gasteiger partial charge is 0.128 e. The van der Waals surface area contributed by atoms with E-state index in [2.05, 4.69) is 62.0 Å². The lowest BCUT2D eigenvalue weighted by atomic mass is 9.87. The van der Waals surface area contributed by atoms with Crippen molar-refractivity contribution in [2.45, 2.75) is 59.5 Å². The average Bonchev–Trinajstić information content (AvgIpc) is 2.45. The van der Waals surface area contributed by atoms with Crippen LogP contribution in [-0.2, 0) is 6.54 Å². The van der Waals surface area contributed by atoms with E-state index in [4.69, 9.17) is 0 Å². The number of rotatable bonds is 4. The van der Waals surface area contributed by atoms with Crippen molar-refractivity contribution in [1.82, 2.24) is 10.3 Å². The second-order valence-electron chi connectivity index (χ2n) is 7.69. The zero-order valence-electron chi connectivity index (χ0n) is 14.3. The fraction of sp³-hybridized carbons (Fsp3) is 0.722. The summed E-state index contributed by atoms with van der Waals surface area (Å²) in [7, 11) is 0. The van der Waals surface area contributed by atoms with Gasteiger partial charge in [-0.25, -0.2) is 4.98 Å². The van der Waals surface area contributed by atoms with Gasteiger partial charge in [0.2, 0.25) is 0 Å². The van der Waals surface area contributed by atoms with E-state index in [1.807, 2.05) is 6.20 Å². The lowest BCUT2D eigenvalue weighted by molar-refractivity contribution is 0.310. The quantitative estimate of drug-likeness (QED) is 0.912. The summed E-state index contributed by atoms with van der Waals surface area (Å²) in [6, 6.07) is 4.36. The van der Waals surface area contributed by atoms with Crippen molar-refractivity contribution < 1.29 is 0 Å². The second kappa shape index (κ2) is 6.78. The summed E-state index contributed by atoms with van der Waals surface area (Å²) in [6.45, 7) is 14.5. The monoisotopic (exact) mass is 289 g/mol. The van der Waals surface area contributed by atoms with Crippen molar-refractivity contribution in [2.75, 3.05) is 18.0 Å². The summed E-state index contributed by atoms with van der Waals surface area (Å²) >= 11 is 0. The van der Waals surface area contributed by atoms with Crippen LogP contribution in [0.2, 0.25) is 0 Å². The van der Waals surface area contributed by atoms with Crippen LogP contribution >= 0.6 is 0 Å². The summed E-state index contributed by atoms with van der Waals surface area (Å²) < 4.78 is 0. The second-order valence-corrected chi connectivity index (χ2v) is 7.69. The minimum absolute atomic E-state index is 0.152. The van der Waals surface area contributed by atoms with Crippen LogP contribution in [-0.4, -0.2) is 23.6 Å². The lowest BCUT2D eigenvalue weighted by Crippen LogP contribution is -2.36. The Kier molecular flexibility index (Phi) is 5.26. The van der Waals surface area contributed by atoms with E-state index in [0.29, 0.717) is 0 Å². The number of nitrogens with zero attached hydrogens (tertiary/aromatic N) is 2. The predicted molar refractivity (Wildman–Crippen MR) is 90.6 cm³/mol. The molecule has 2 rings (SSSR count). The molecule has 3 heteroatoms. The van der Waals surface area contributed by atoms with Gasteiger partial charge in [-0.15, -0.1) is 0 Å².